The molecule has 2 aromatic rings. The molecule has 1 aliphatic rings. The highest BCUT2D eigenvalue weighted by molar-refractivity contribution is 7.11. The Bertz CT molecular complexity index is 549. The molecule has 112 valence electrons. The Hall–Kier alpha value is -1.16. The molecule has 1 atom stereocenters. The number of hydrogen-bond donors (Lipinski definition) is 1. The Morgan fingerprint density at radius 3 is 2.76 bits per heavy atom. The van der Waals surface area contributed by atoms with Crippen LogP contribution in [0.1, 0.15) is 34.6 Å². The van der Waals surface area contributed by atoms with E-state index in [-0.39, 0.29) is 0 Å². The molecule has 1 aliphatic heterocycles. The van der Waals surface area contributed by atoms with Crippen molar-refractivity contribution in [1.29, 1.82) is 0 Å². The van der Waals surface area contributed by atoms with E-state index in [1.165, 1.54) is 34.8 Å². The lowest BCUT2D eigenvalue weighted by Crippen LogP contribution is -2.19. The molecule has 1 aromatic carbocycles. The monoisotopic (exact) mass is 300 g/mol. The minimum absolute atomic E-state index is 0.715. The van der Waals surface area contributed by atoms with Gasteiger partial charge in [0.2, 0.25) is 0 Å². The third-order valence-electron chi connectivity index (χ3n) is 4.19. The van der Waals surface area contributed by atoms with E-state index in [4.69, 9.17) is 0 Å². The zero-order valence-electron chi connectivity index (χ0n) is 12.7. The molecule has 0 saturated carbocycles. The van der Waals surface area contributed by atoms with Gasteiger partial charge < -0.3 is 5.32 Å². The summed E-state index contributed by atoms with van der Waals surface area (Å²) in [5.74, 6) is 0.715. The fourth-order valence-corrected chi connectivity index (χ4v) is 4.07. The first kappa shape index (κ1) is 14.8. The predicted molar refractivity (Wildman–Crippen MR) is 90.8 cm³/mol. The van der Waals surface area contributed by atoms with E-state index in [9.17, 15) is 0 Å². The molecule has 1 saturated heterocycles. The largest absolute Gasteiger partial charge is 0.312 e. The van der Waals surface area contributed by atoms with Crippen LogP contribution in [0.4, 0.5) is 0 Å². The second-order valence-electron chi connectivity index (χ2n) is 5.78. The van der Waals surface area contributed by atoms with Crippen molar-refractivity contribution in [3.8, 4) is 0 Å². The van der Waals surface area contributed by atoms with E-state index in [0.29, 0.717) is 5.92 Å². The zero-order valence-corrected chi connectivity index (χ0v) is 13.5. The first-order valence-corrected chi connectivity index (χ1v) is 8.72. The number of benzene rings is 1. The molecular weight excluding hydrogens is 276 g/mol. The summed E-state index contributed by atoms with van der Waals surface area (Å²) in [6.45, 7) is 7.74. The van der Waals surface area contributed by atoms with Gasteiger partial charge in [-0.1, -0.05) is 37.3 Å². The lowest BCUT2D eigenvalue weighted by Gasteiger charge is -2.15. The topological polar surface area (TPSA) is 15.3 Å². The van der Waals surface area contributed by atoms with E-state index < -0.39 is 0 Å². The van der Waals surface area contributed by atoms with E-state index in [2.05, 4.69) is 59.6 Å². The van der Waals surface area contributed by atoms with Crippen LogP contribution in [0.3, 0.4) is 0 Å². The molecule has 2 nitrogen and oxygen atoms in total. The van der Waals surface area contributed by atoms with Gasteiger partial charge in [0.05, 0.1) is 0 Å². The van der Waals surface area contributed by atoms with E-state index in [0.717, 1.165) is 19.6 Å². The molecule has 1 fully saturated rings. The summed E-state index contributed by atoms with van der Waals surface area (Å²) < 4.78 is 0. The van der Waals surface area contributed by atoms with E-state index in [1.54, 1.807) is 0 Å². The van der Waals surface area contributed by atoms with Crippen LogP contribution in [0.25, 0.3) is 0 Å². The Labute approximate surface area is 131 Å². The molecule has 1 aromatic heterocycles. The van der Waals surface area contributed by atoms with Crippen molar-refractivity contribution >= 4 is 11.3 Å². The first-order chi connectivity index (χ1) is 10.3. The molecule has 1 unspecified atom stereocenters. The highest BCUT2D eigenvalue weighted by atomic mass is 32.1. The van der Waals surface area contributed by atoms with Crippen LogP contribution in [0.15, 0.2) is 42.5 Å². The Kier molecular flexibility index (Phi) is 5.07. The van der Waals surface area contributed by atoms with Crippen molar-refractivity contribution in [3.05, 3.63) is 57.8 Å². The molecular formula is C18H24N2S. The van der Waals surface area contributed by atoms with Gasteiger partial charge in [0.1, 0.15) is 0 Å². The van der Waals surface area contributed by atoms with Crippen LogP contribution < -0.4 is 5.32 Å². The quantitative estimate of drug-likeness (QED) is 0.872. The summed E-state index contributed by atoms with van der Waals surface area (Å²) in [6.07, 6.45) is 1.29. The van der Waals surface area contributed by atoms with Gasteiger partial charge in [0, 0.05) is 29.4 Å². The SMILES string of the molecule is CCNCc1ccc(CN2CCC(c3ccccc3)C2)s1. The van der Waals surface area contributed by atoms with E-state index in [1.807, 2.05) is 11.3 Å². The van der Waals surface area contributed by atoms with Gasteiger partial charge in [-0.25, -0.2) is 0 Å². The van der Waals surface area contributed by atoms with E-state index >= 15 is 0 Å². The zero-order chi connectivity index (χ0) is 14.5. The predicted octanol–water partition coefficient (Wildman–Crippen LogP) is 3.85. The standard InChI is InChI=1S/C18H24N2S/c1-2-19-12-17-8-9-18(21-17)14-20-11-10-16(13-20)15-6-4-3-5-7-15/h3-9,16,19H,2,10-14H2,1H3. The fourth-order valence-electron chi connectivity index (χ4n) is 3.04. The molecule has 0 amide bonds. The Morgan fingerprint density at radius 1 is 1.14 bits per heavy atom. The number of nitrogens with one attached hydrogen (secondary N) is 1. The average Bonchev–Trinajstić information content (AvgIpc) is 3.16. The maximum atomic E-state index is 3.40. The second-order valence-corrected chi connectivity index (χ2v) is 7.03. The average molecular weight is 300 g/mol. The van der Waals surface area contributed by atoms with Crippen molar-refractivity contribution < 1.29 is 0 Å². The molecule has 0 bridgehead atoms. The minimum atomic E-state index is 0.715. The maximum Gasteiger partial charge on any atom is 0.0328 e. The Balaban J connectivity index is 1.54. The highest BCUT2D eigenvalue weighted by Crippen LogP contribution is 2.29. The van der Waals surface area contributed by atoms with Crippen molar-refractivity contribution in [2.75, 3.05) is 19.6 Å². The molecule has 0 aliphatic carbocycles. The minimum Gasteiger partial charge on any atom is -0.312 e. The summed E-state index contributed by atoms with van der Waals surface area (Å²) in [7, 11) is 0. The van der Waals surface area contributed by atoms with Gasteiger partial charge in [0.15, 0.2) is 0 Å². The highest BCUT2D eigenvalue weighted by Gasteiger charge is 2.23. The van der Waals surface area contributed by atoms with Crippen LogP contribution in [0.2, 0.25) is 0 Å². The molecule has 0 radical (unpaired) electrons. The Morgan fingerprint density at radius 2 is 1.95 bits per heavy atom. The number of nitrogens with zero attached hydrogens (tertiary/aromatic N) is 1. The number of rotatable bonds is 6. The van der Waals surface area contributed by atoms with Gasteiger partial charge in [-0.3, -0.25) is 4.90 Å². The summed E-state index contributed by atoms with van der Waals surface area (Å²) in [5.41, 5.74) is 1.50. The molecule has 3 heteroatoms. The van der Waals surface area contributed by atoms with Gasteiger partial charge in [-0.15, -0.1) is 11.3 Å². The van der Waals surface area contributed by atoms with Gasteiger partial charge in [0.25, 0.3) is 0 Å². The van der Waals surface area contributed by atoms with Gasteiger partial charge in [-0.2, -0.15) is 0 Å². The fraction of sp³-hybridized carbons (Fsp3) is 0.444. The lowest BCUT2D eigenvalue weighted by atomic mass is 9.99. The molecule has 3 rings (SSSR count). The summed E-state index contributed by atoms with van der Waals surface area (Å²) in [4.78, 5) is 5.54. The van der Waals surface area contributed by atoms with Crippen LogP contribution in [0, 0.1) is 0 Å². The third kappa shape index (κ3) is 3.94. The summed E-state index contributed by atoms with van der Waals surface area (Å²) in [6, 6.07) is 15.5. The number of likely N-dealkylation sites (tertiary alicyclic amines) is 1. The summed E-state index contributed by atoms with van der Waals surface area (Å²) >= 11 is 1.95. The van der Waals surface area contributed by atoms with Crippen LogP contribution >= 0.6 is 11.3 Å². The van der Waals surface area contributed by atoms with Crippen molar-refractivity contribution in [2.45, 2.75) is 32.4 Å². The smallest absolute Gasteiger partial charge is 0.0328 e. The molecule has 21 heavy (non-hydrogen) atoms. The van der Waals surface area contributed by atoms with Crippen molar-refractivity contribution in [2.24, 2.45) is 0 Å². The third-order valence-corrected chi connectivity index (χ3v) is 5.26. The van der Waals surface area contributed by atoms with Crippen molar-refractivity contribution in [1.82, 2.24) is 10.2 Å². The van der Waals surface area contributed by atoms with Gasteiger partial charge in [-0.05, 0) is 43.1 Å². The lowest BCUT2D eigenvalue weighted by molar-refractivity contribution is 0.330. The number of hydrogen-bond acceptors (Lipinski definition) is 3. The van der Waals surface area contributed by atoms with Crippen LogP contribution in [-0.2, 0) is 13.1 Å². The van der Waals surface area contributed by atoms with Gasteiger partial charge >= 0.3 is 0 Å². The molecule has 2 heterocycles. The number of thiophene rings is 1. The maximum absolute atomic E-state index is 3.40. The van der Waals surface area contributed by atoms with Crippen molar-refractivity contribution in [3.63, 3.8) is 0 Å². The summed E-state index contributed by atoms with van der Waals surface area (Å²) in [5, 5.41) is 3.40. The molecule has 1 N–H and O–H groups in total. The normalized spacial score (nSPS) is 19.2. The molecule has 0 spiro atoms. The van der Waals surface area contributed by atoms with Crippen LogP contribution in [0.5, 0.6) is 0 Å². The first-order valence-electron chi connectivity index (χ1n) is 7.90. The second kappa shape index (κ2) is 7.21. The van der Waals surface area contributed by atoms with Crippen LogP contribution in [-0.4, -0.2) is 24.5 Å².